The Balaban J connectivity index is 2.39. The number of hydrogen-bond acceptors (Lipinski definition) is 2. The van der Waals surface area contributed by atoms with Gasteiger partial charge in [-0.3, -0.25) is 4.79 Å². The molecule has 0 heterocycles. The van der Waals surface area contributed by atoms with Gasteiger partial charge >= 0.3 is 5.97 Å². The summed E-state index contributed by atoms with van der Waals surface area (Å²) in [5, 5.41) is 17.6. The number of hydrogen-bond donors (Lipinski definition) is 2. The van der Waals surface area contributed by atoms with E-state index in [4.69, 9.17) is 10.2 Å². The molecule has 0 spiro atoms. The fourth-order valence-corrected chi connectivity index (χ4v) is 1.39. The van der Waals surface area contributed by atoms with Crippen molar-refractivity contribution in [2.75, 3.05) is 0 Å². The van der Waals surface area contributed by atoms with Gasteiger partial charge in [0.05, 0.1) is 12.0 Å². The lowest BCUT2D eigenvalue weighted by molar-refractivity contribution is -0.144. The van der Waals surface area contributed by atoms with Gasteiger partial charge in [0, 0.05) is 0 Å². The summed E-state index contributed by atoms with van der Waals surface area (Å²) >= 11 is 0. The highest BCUT2D eigenvalue weighted by Crippen LogP contribution is 2.23. The van der Waals surface area contributed by atoms with E-state index in [1.165, 1.54) is 0 Å². The van der Waals surface area contributed by atoms with Crippen LogP contribution in [-0.2, 0) is 4.79 Å². The lowest BCUT2D eigenvalue weighted by Crippen LogP contribution is -2.25. The van der Waals surface area contributed by atoms with E-state index in [-0.39, 0.29) is 12.0 Å². The second kappa shape index (κ2) is 3.01. The Morgan fingerprint density at radius 2 is 2.10 bits per heavy atom. The van der Waals surface area contributed by atoms with E-state index in [1.54, 1.807) is 0 Å². The van der Waals surface area contributed by atoms with Crippen molar-refractivity contribution in [2.24, 2.45) is 5.92 Å². The minimum absolute atomic E-state index is 0.302. The SMILES string of the molecule is O=C(O)[C@H]1CCC[C@@H](O)C1. The van der Waals surface area contributed by atoms with Crippen molar-refractivity contribution in [3.8, 4) is 0 Å². The van der Waals surface area contributed by atoms with Crippen LogP contribution in [0.15, 0.2) is 0 Å². The van der Waals surface area contributed by atoms with Crippen LogP contribution in [0.3, 0.4) is 0 Å². The Hall–Kier alpha value is -0.570. The van der Waals surface area contributed by atoms with Gasteiger partial charge in [0.1, 0.15) is 0 Å². The van der Waals surface area contributed by atoms with Crippen molar-refractivity contribution in [3.05, 3.63) is 0 Å². The first-order chi connectivity index (χ1) is 4.70. The standard InChI is InChI=1S/C7H12O3/c8-6-3-1-2-5(4-6)7(9)10/h5-6,8H,1-4H2,(H,9,10)/t5-,6+/m0/s1. The number of carboxylic acid groups (broad SMARTS) is 1. The maximum Gasteiger partial charge on any atom is 0.306 e. The molecule has 3 nitrogen and oxygen atoms in total. The Labute approximate surface area is 59.7 Å². The first-order valence-corrected chi connectivity index (χ1v) is 3.61. The van der Waals surface area contributed by atoms with Crippen molar-refractivity contribution in [3.63, 3.8) is 0 Å². The fraction of sp³-hybridized carbons (Fsp3) is 0.857. The second-order valence-corrected chi connectivity index (χ2v) is 2.86. The van der Waals surface area contributed by atoms with E-state index >= 15 is 0 Å². The summed E-state index contributed by atoms with van der Waals surface area (Å²) in [4.78, 5) is 10.4. The maximum atomic E-state index is 10.4. The number of rotatable bonds is 1. The Morgan fingerprint density at radius 3 is 2.50 bits per heavy atom. The van der Waals surface area contributed by atoms with Crippen LogP contribution in [0.4, 0.5) is 0 Å². The summed E-state index contributed by atoms with van der Waals surface area (Å²) in [7, 11) is 0. The molecule has 0 aromatic heterocycles. The summed E-state index contributed by atoms with van der Waals surface area (Å²) < 4.78 is 0. The third kappa shape index (κ3) is 1.70. The molecule has 58 valence electrons. The molecule has 3 heteroatoms. The molecule has 0 saturated heterocycles. The Kier molecular flexibility index (Phi) is 2.27. The monoisotopic (exact) mass is 144 g/mol. The molecule has 2 N–H and O–H groups in total. The molecule has 0 aliphatic heterocycles. The molecule has 1 rings (SSSR count). The highest BCUT2D eigenvalue weighted by Gasteiger charge is 2.25. The first kappa shape index (κ1) is 7.54. The number of aliphatic carboxylic acids is 1. The number of aliphatic hydroxyl groups excluding tert-OH is 1. The molecule has 0 bridgehead atoms. The summed E-state index contributed by atoms with van der Waals surface area (Å²) in [6, 6.07) is 0. The first-order valence-electron chi connectivity index (χ1n) is 3.61. The van der Waals surface area contributed by atoms with Crippen LogP contribution in [0.25, 0.3) is 0 Å². The molecule has 1 aliphatic carbocycles. The van der Waals surface area contributed by atoms with Gasteiger partial charge in [0.15, 0.2) is 0 Å². The molecule has 1 fully saturated rings. The molecular formula is C7H12O3. The van der Waals surface area contributed by atoms with Gasteiger partial charge in [-0.05, 0) is 19.3 Å². The predicted octanol–water partition coefficient (Wildman–Crippen LogP) is 0.622. The molecule has 0 amide bonds. The van der Waals surface area contributed by atoms with Crippen molar-refractivity contribution in [1.29, 1.82) is 0 Å². The molecular weight excluding hydrogens is 132 g/mol. The quantitative estimate of drug-likeness (QED) is 0.567. The minimum atomic E-state index is -0.765. The molecule has 2 atom stereocenters. The average Bonchev–Trinajstić information content (AvgIpc) is 1.88. The average molecular weight is 144 g/mol. The second-order valence-electron chi connectivity index (χ2n) is 2.86. The van der Waals surface area contributed by atoms with Crippen molar-refractivity contribution >= 4 is 5.97 Å². The molecule has 0 aromatic rings. The molecule has 0 unspecified atom stereocenters. The Bertz CT molecular complexity index is 133. The van der Waals surface area contributed by atoms with E-state index in [0.717, 1.165) is 19.3 Å². The zero-order valence-electron chi connectivity index (χ0n) is 5.79. The molecule has 1 aliphatic rings. The summed E-state index contributed by atoms with van der Waals surface area (Å²) in [5.41, 5.74) is 0. The lowest BCUT2D eigenvalue weighted by atomic mass is 9.87. The third-order valence-corrected chi connectivity index (χ3v) is 2.00. The van der Waals surface area contributed by atoms with Crippen LogP contribution in [0, 0.1) is 5.92 Å². The topological polar surface area (TPSA) is 57.5 Å². The van der Waals surface area contributed by atoms with E-state index in [9.17, 15) is 4.79 Å². The van der Waals surface area contributed by atoms with Crippen molar-refractivity contribution in [1.82, 2.24) is 0 Å². The molecule has 10 heavy (non-hydrogen) atoms. The largest absolute Gasteiger partial charge is 0.481 e. The van der Waals surface area contributed by atoms with Crippen LogP contribution in [0.5, 0.6) is 0 Å². The van der Waals surface area contributed by atoms with Gasteiger partial charge in [-0.15, -0.1) is 0 Å². The van der Waals surface area contributed by atoms with Gasteiger partial charge < -0.3 is 10.2 Å². The fourth-order valence-electron chi connectivity index (χ4n) is 1.39. The number of carboxylic acids is 1. The Morgan fingerprint density at radius 1 is 1.40 bits per heavy atom. The molecule has 0 aromatic carbocycles. The lowest BCUT2D eigenvalue weighted by Gasteiger charge is -2.21. The smallest absolute Gasteiger partial charge is 0.306 e. The van der Waals surface area contributed by atoms with Crippen molar-refractivity contribution in [2.45, 2.75) is 31.8 Å². The number of aliphatic hydroxyl groups is 1. The van der Waals surface area contributed by atoms with Crippen LogP contribution in [0.1, 0.15) is 25.7 Å². The van der Waals surface area contributed by atoms with Gasteiger partial charge in [0.25, 0.3) is 0 Å². The summed E-state index contributed by atoms with van der Waals surface area (Å²) in [6.07, 6.45) is 2.40. The molecule has 0 radical (unpaired) electrons. The maximum absolute atomic E-state index is 10.4. The third-order valence-electron chi connectivity index (χ3n) is 2.00. The normalized spacial score (nSPS) is 33.7. The predicted molar refractivity (Wildman–Crippen MR) is 35.6 cm³/mol. The van der Waals surface area contributed by atoms with E-state index in [2.05, 4.69) is 0 Å². The van der Waals surface area contributed by atoms with Crippen LogP contribution in [-0.4, -0.2) is 22.3 Å². The molecule has 1 saturated carbocycles. The van der Waals surface area contributed by atoms with Crippen LogP contribution >= 0.6 is 0 Å². The van der Waals surface area contributed by atoms with Gasteiger partial charge in [-0.1, -0.05) is 6.42 Å². The minimum Gasteiger partial charge on any atom is -0.481 e. The van der Waals surface area contributed by atoms with Crippen molar-refractivity contribution < 1.29 is 15.0 Å². The van der Waals surface area contributed by atoms with Crippen LogP contribution in [0.2, 0.25) is 0 Å². The van der Waals surface area contributed by atoms with Crippen LogP contribution < -0.4 is 0 Å². The zero-order valence-corrected chi connectivity index (χ0v) is 5.79. The number of carbonyl (C=O) groups is 1. The van der Waals surface area contributed by atoms with Gasteiger partial charge in [-0.2, -0.15) is 0 Å². The van der Waals surface area contributed by atoms with E-state index in [0.29, 0.717) is 6.42 Å². The van der Waals surface area contributed by atoms with E-state index < -0.39 is 5.97 Å². The van der Waals surface area contributed by atoms with Gasteiger partial charge in [-0.25, -0.2) is 0 Å². The highest BCUT2D eigenvalue weighted by atomic mass is 16.4. The summed E-state index contributed by atoms with van der Waals surface area (Å²) in [5.74, 6) is -1.07. The van der Waals surface area contributed by atoms with E-state index in [1.807, 2.05) is 0 Å². The summed E-state index contributed by atoms with van der Waals surface area (Å²) in [6.45, 7) is 0. The van der Waals surface area contributed by atoms with Gasteiger partial charge in [0.2, 0.25) is 0 Å². The highest BCUT2D eigenvalue weighted by molar-refractivity contribution is 5.70. The zero-order chi connectivity index (χ0) is 7.56.